The van der Waals surface area contributed by atoms with Crippen molar-refractivity contribution < 1.29 is 24.1 Å². The zero-order chi connectivity index (χ0) is 23.5. The van der Waals surface area contributed by atoms with Crippen LogP contribution in [-0.4, -0.2) is 21.7 Å². The Bertz CT molecular complexity index is 1370. The normalized spacial score (nSPS) is 14.0. The molecule has 11 heteroatoms. The third-order valence-corrected chi connectivity index (χ3v) is 4.92. The summed E-state index contributed by atoms with van der Waals surface area (Å²) in [4.78, 5) is 37.2. The number of nitro groups is 2. The number of hydrogen-bond donors (Lipinski definition) is 0. The van der Waals surface area contributed by atoms with E-state index in [1.54, 1.807) is 36.4 Å². The van der Waals surface area contributed by atoms with Crippen molar-refractivity contribution in [2.24, 2.45) is 4.99 Å². The van der Waals surface area contributed by atoms with E-state index in [1.165, 1.54) is 12.1 Å². The number of carbonyl (C=O) groups is 1. The number of rotatable bonds is 6. The lowest BCUT2D eigenvalue weighted by molar-refractivity contribution is -0.394. The van der Waals surface area contributed by atoms with Crippen LogP contribution >= 0.6 is 15.9 Å². The van der Waals surface area contributed by atoms with Gasteiger partial charge in [-0.3, -0.25) is 20.2 Å². The highest BCUT2D eigenvalue weighted by molar-refractivity contribution is 9.10. The van der Waals surface area contributed by atoms with Crippen molar-refractivity contribution in [3.05, 3.63) is 108 Å². The number of nitro benzene ring substituents is 2. The van der Waals surface area contributed by atoms with Gasteiger partial charge in [0.25, 0.3) is 5.69 Å². The minimum absolute atomic E-state index is 0.0726. The Hall–Kier alpha value is -4.38. The van der Waals surface area contributed by atoms with E-state index in [-0.39, 0.29) is 23.1 Å². The largest absolute Gasteiger partial charge is 0.450 e. The zero-order valence-electron chi connectivity index (χ0n) is 16.5. The Labute approximate surface area is 194 Å². The number of carbonyl (C=O) groups excluding carboxylic acids is 1. The second-order valence-electron chi connectivity index (χ2n) is 6.69. The number of esters is 1. The van der Waals surface area contributed by atoms with Gasteiger partial charge in [-0.15, -0.1) is 0 Å². The second-order valence-corrected chi connectivity index (χ2v) is 7.60. The molecule has 1 aliphatic rings. The maximum atomic E-state index is 12.3. The fraction of sp³-hybridized carbons (Fsp3) is 0. The molecular formula is C22H12BrN3O7. The molecular weight excluding hydrogens is 498 g/mol. The van der Waals surface area contributed by atoms with E-state index < -0.39 is 27.2 Å². The predicted octanol–water partition coefficient (Wildman–Crippen LogP) is 5.40. The Balaban J connectivity index is 1.61. The minimum Gasteiger partial charge on any atom is -0.450 e. The number of nitrogens with zero attached hydrogens (tertiary/aromatic N) is 3. The van der Waals surface area contributed by atoms with E-state index in [0.29, 0.717) is 11.1 Å². The van der Waals surface area contributed by atoms with E-state index in [4.69, 9.17) is 9.47 Å². The first-order chi connectivity index (χ1) is 15.8. The van der Waals surface area contributed by atoms with E-state index in [9.17, 15) is 25.0 Å². The summed E-state index contributed by atoms with van der Waals surface area (Å²) >= 11 is 3.35. The van der Waals surface area contributed by atoms with Crippen LogP contribution in [0.25, 0.3) is 6.08 Å². The van der Waals surface area contributed by atoms with Crippen molar-refractivity contribution >= 4 is 45.2 Å². The van der Waals surface area contributed by atoms with Gasteiger partial charge in [-0.05, 0) is 48.0 Å². The Morgan fingerprint density at radius 3 is 2.48 bits per heavy atom. The van der Waals surface area contributed by atoms with Gasteiger partial charge in [-0.25, -0.2) is 9.79 Å². The number of cyclic esters (lactones) is 1. The first-order valence-electron chi connectivity index (χ1n) is 9.29. The molecule has 0 aromatic heterocycles. The fourth-order valence-electron chi connectivity index (χ4n) is 2.96. The molecule has 0 N–H and O–H groups in total. The Kier molecular flexibility index (Phi) is 5.96. The maximum Gasteiger partial charge on any atom is 0.363 e. The number of hydrogen-bond acceptors (Lipinski definition) is 8. The molecule has 10 nitrogen and oxygen atoms in total. The van der Waals surface area contributed by atoms with Crippen LogP contribution in [0.4, 0.5) is 11.4 Å². The molecule has 3 aromatic carbocycles. The van der Waals surface area contributed by atoms with Gasteiger partial charge < -0.3 is 9.47 Å². The van der Waals surface area contributed by atoms with Crippen LogP contribution in [0.2, 0.25) is 0 Å². The molecule has 0 fully saturated rings. The number of ether oxygens (including phenoxy) is 2. The van der Waals surface area contributed by atoms with E-state index in [1.807, 2.05) is 6.07 Å². The molecule has 0 saturated heterocycles. The van der Waals surface area contributed by atoms with Crippen LogP contribution < -0.4 is 4.74 Å². The first kappa shape index (κ1) is 21.8. The lowest BCUT2D eigenvalue weighted by atomic mass is 10.2. The number of halogens is 1. The van der Waals surface area contributed by atoms with Crippen LogP contribution in [-0.2, 0) is 9.53 Å². The molecule has 3 aromatic rings. The molecule has 0 spiro atoms. The topological polar surface area (TPSA) is 134 Å². The van der Waals surface area contributed by atoms with Gasteiger partial charge in [-0.1, -0.05) is 34.1 Å². The molecule has 1 heterocycles. The molecule has 1 aliphatic heterocycles. The SMILES string of the molecule is O=C1OC(c2cccc(Br)c2)=N/C1=C\c1cccc(Oc2ccc([N+](=O)[O-])cc2[N+](=O)[O-])c1. The smallest absolute Gasteiger partial charge is 0.363 e. The van der Waals surface area contributed by atoms with Gasteiger partial charge in [0, 0.05) is 16.1 Å². The van der Waals surface area contributed by atoms with Gasteiger partial charge in [0.15, 0.2) is 5.70 Å². The van der Waals surface area contributed by atoms with Crippen LogP contribution in [0.1, 0.15) is 11.1 Å². The summed E-state index contributed by atoms with van der Waals surface area (Å²) in [6.45, 7) is 0. The van der Waals surface area contributed by atoms with Gasteiger partial charge in [0.2, 0.25) is 11.6 Å². The molecule has 0 bridgehead atoms. The van der Waals surface area contributed by atoms with Crippen molar-refractivity contribution in [1.29, 1.82) is 0 Å². The Morgan fingerprint density at radius 2 is 1.76 bits per heavy atom. The van der Waals surface area contributed by atoms with Crippen molar-refractivity contribution in [2.75, 3.05) is 0 Å². The summed E-state index contributed by atoms with van der Waals surface area (Å²) in [5, 5.41) is 22.2. The highest BCUT2D eigenvalue weighted by Crippen LogP contribution is 2.35. The summed E-state index contributed by atoms with van der Waals surface area (Å²) in [5.41, 5.74) is 0.261. The van der Waals surface area contributed by atoms with Gasteiger partial charge in [0.05, 0.1) is 15.9 Å². The molecule has 0 saturated carbocycles. The van der Waals surface area contributed by atoms with E-state index in [2.05, 4.69) is 20.9 Å². The highest BCUT2D eigenvalue weighted by atomic mass is 79.9. The summed E-state index contributed by atoms with van der Waals surface area (Å²) in [6, 6.07) is 16.6. The lowest BCUT2D eigenvalue weighted by Gasteiger charge is -2.07. The van der Waals surface area contributed by atoms with Crippen LogP contribution in [0.5, 0.6) is 11.5 Å². The van der Waals surface area contributed by atoms with Gasteiger partial charge in [0.1, 0.15) is 5.75 Å². The lowest BCUT2D eigenvalue weighted by Crippen LogP contribution is -2.05. The Morgan fingerprint density at radius 1 is 0.970 bits per heavy atom. The molecule has 0 amide bonds. The number of aliphatic imine (C=N–C) groups is 1. The zero-order valence-corrected chi connectivity index (χ0v) is 18.1. The second kappa shape index (κ2) is 9.01. The van der Waals surface area contributed by atoms with Gasteiger partial charge >= 0.3 is 11.7 Å². The quantitative estimate of drug-likeness (QED) is 0.188. The van der Waals surface area contributed by atoms with Crippen molar-refractivity contribution in [3.8, 4) is 11.5 Å². The molecule has 164 valence electrons. The third-order valence-electron chi connectivity index (χ3n) is 4.43. The molecule has 0 aliphatic carbocycles. The molecule has 4 rings (SSSR count). The molecule has 0 radical (unpaired) electrons. The predicted molar refractivity (Wildman–Crippen MR) is 121 cm³/mol. The van der Waals surface area contributed by atoms with Crippen LogP contribution in [0.15, 0.2) is 81.9 Å². The van der Waals surface area contributed by atoms with Crippen molar-refractivity contribution in [1.82, 2.24) is 0 Å². The maximum absolute atomic E-state index is 12.3. The van der Waals surface area contributed by atoms with Crippen molar-refractivity contribution in [2.45, 2.75) is 0 Å². The summed E-state index contributed by atoms with van der Waals surface area (Å²) < 4.78 is 11.6. The van der Waals surface area contributed by atoms with Crippen molar-refractivity contribution in [3.63, 3.8) is 0 Å². The van der Waals surface area contributed by atoms with E-state index in [0.717, 1.165) is 22.7 Å². The third kappa shape index (κ3) is 4.93. The number of non-ortho nitro benzene ring substituents is 1. The molecule has 0 unspecified atom stereocenters. The monoisotopic (exact) mass is 509 g/mol. The van der Waals surface area contributed by atoms with Gasteiger partial charge in [-0.2, -0.15) is 0 Å². The summed E-state index contributed by atoms with van der Waals surface area (Å²) in [7, 11) is 0. The molecule has 0 atom stereocenters. The average Bonchev–Trinajstić information content (AvgIpc) is 3.14. The first-order valence-corrected chi connectivity index (χ1v) is 10.1. The van der Waals surface area contributed by atoms with E-state index >= 15 is 0 Å². The fourth-order valence-corrected chi connectivity index (χ4v) is 3.35. The summed E-state index contributed by atoms with van der Waals surface area (Å²) in [6.07, 6.45) is 1.49. The molecule has 33 heavy (non-hydrogen) atoms. The summed E-state index contributed by atoms with van der Waals surface area (Å²) in [5.74, 6) is -0.390. The average molecular weight is 510 g/mol. The number of benzene rings is 3. The highest BCUT2D eigenvalue weighted by Gasteiger charge is 2.25. The minimum atomic E-state index is -0.763. The van der Waals surface area contributed by atoms with Crippen LogP contribution in [0, 0.1) is 20.2 Å². The standard InChI is InChI=1S/C22H12BrN3O7/c23-15-5-2-4-14(11-15)21-24-18(22(27)33-21)10-13-3-1-6-17(9-13)32-20-8-7-16(25(28)29)12-19(20)26(30)31/h1-12H/b18-10-. The van der Waals surface area contributed by atoms with Crippen LogP contribution in [0.3, 0.4) is 0 Å².